The quantitative estimate of drug-likeness (QED) is 0.826. The third-order valence-electron chi connectivity index (χ3n) is 7.32. The fourth-order valence-corrected chi connectivity index (χ4v) is 6.17. The summed E-state index contributed by atoms with van der Waals surface area (Å²) in [6, 6.07) is 0.680. The average Bonchev–Trinajstić information content (AvgIpc) is 3.06. The van der Waals surface area contributed by atoms with Crippen molar-refractivity contribution in [3.05, 3.63) is 0 Å². The molecule has 0 aromatic carbocycles. The molecule has 3 rings (SSSR count). The molecule has 0 heterocycles. The minimum Gasteiger partial charge on any atom is -0.315 e. The Balaban J connectivity index is 1.73. The van der Waals surface area contributed by atoms with Gasteiger partial charge in [-0.1, -0.05) is 26.2 Å². The molecule has 0 aliphatic heterocycles. The van der Waals surface area contributed by atoms with Crippen LogP contribution in [-0.4, -0.2) is 37.6 Å². The fraction of sp³-hybridized carbons (Fsp3) is 1.00. The largest absolute Gasteiger partial charge is 0.315 e. The summed E-state index contributed by atoms with van der Waals surface area (Å²) in [5.41, 5.74) is 0.397. The second-order valence-electron chi connectivity index (χ2n) is 8.71. The lowest BCUT2D eigenvalue weighted by molar-refractivity contribution is 0.0277. The highest BCUT2D eigenvalue weighted by Gasteiger charge is 2.47. The zero-order valence-electron chi connectivity index (χ0n) is 14.7. The van der Waals surface area contributed by atoms with Crippen LogP contribution < -0.4 is 5.32 Å². The van der Waals surface area contributed by atoms with Crippen molar-refractivity contribution in [3.63, 3.8) is 0 Å². The first-order valence-corrected chi connectivity index (χ1v) is 9.40. The summed E-state index contributed by atoms with van der Waals surface area (Å²) in [4.78, 5) is 2.57. The van der Waals surface area contributed by atoms with Crippen LogP contribution in [0.5, 0.6) is 0 Å². The lowest BCUT2D eigenvalue weighted by Gasteiger charge is -2.51. The first-order valence-electron chi connectivity index (χ1n) is 9.40. The van der Waals surface area contributed by atoms with Gasteiger partial charge in [-0.05, 0) is 83.3 Å². The van der Waals surface area contributed by atoms with Gasteiger partial charge in [-0.3, -0.25) is 0 Å². The fourth-order valence-electron chi connectivity index (χ4n) is 6.17. The van der Waals surface area contributed by atoms with Crippen LogP contribution in [0.15, 0.2) is 0 Å². The molecular weight excluding hydrogens is 256 g/mol. The van der Waals surface area contributed by atoms with Gasteiger partial charge in [0.15, 0.2) is 0 Å². The molecule has 0 spiro atoms. The maximum atomic E-state index is 3.76. The molecule has 1 N–H and O–H groups in total. The van der Waals surface area contributed by atoms with Crippen LogP contribution >= 0.6 is 0 Å². The van der Waals surface area contributed by atoms with Gasteiger partial charge in [0.1, 0.15) is 0 Å². The van der Waals surface area contributed by atoms with Gasteiger partial charge >= 0.3 is 0 Å². The van der Waals surface area contributed by atoms with Crippen molar-refractivity contribution in [2.24, 2.45) is 23.7 Å². The Morgan fingerprint density at radius 3 is 2.52 bits per heavy atom. The minimum atomic E-state index is 0.397. The van der Waals surface area contributed by atoms with Gasteiger partial charge in [-0.25, -0.2) is 0 Å². The van der Waals surface area contributed by atoms with E-state index in [1.807, 2.05) is 0 Å². The van der Waals surface area contributed by atoms with E-state index in [4.69, 9.17) is 0 Å². The second-order valence-corrected chi connectivity index (χ2v) is 8.71. The van der Waals surface area contributed by atoms with Crippen LogP contribution in [0.3, 0.4) is 0 Å². The zero-order valence-corrected chi connectivity index (χ0v) is 14.7. The highest BCUT2D eigenvalue weighted by atomic mass is 15.2. The highest BCUT2D eigenvalue weighted by Crippen LogP contribution is 2.51. The van der Waals surface area contributed by atoms with Crippen molar-refractivity contribution >= 4 is 0 Å². The van der Waals surface area contributed by atoms with E-state index in [0.717, 1.165) is 23.7 Å². The number of hydrogen-bond acceptors (Lipinski definition) is 2. The van der Waals surface area contributed by atoms with E-state index in [-0.39, 0.29) is 0 Å². The molecule has 0 aromatic rings. The normalized spacial score (nSPS) is 44.4. The molecule has 6 atom stereocenters. The van der Waals surface area contributed by atoms with Gasteiger partial charge < -0.3 is 10.2 Å². The summed E-state index contributed by atoms with van der Waals surface area (Å²) in [5.74, 6) is 4.04. The van der Waals surface area contributed by atoms with Crippen molar-refractivity contribution in [1.82, 2.24) is 10.2 Å². The maximum Gasteiger partial charge on any atom is 0.0358 e. The Morgan fingerprint density at radius 1 is 1.19 bits per heavy atom. The van der Waals surface area contributed by atoms with Gasteiger partial charge in [-0.2, -0.15) is 0 Å². The summed E-state index contributed by atoms with van der Waals surface area (Å²) in [6.45, 7) is 2.46. The predicted molar refractivity (Wildman–Crippen MR) is 90.5 cm³/mol. The van der Waals surface area contributed by atoms with Gasteiger partial charge in [0.25, 0.3) is 0 Å². The zero-order chi connectivity index (χ0) is 15.0. The van der Waals surface area contributed by atoms with E-state index in [1.165, 1.54) is 51.4 Å². The summed E-state index contributed by atoms with van der Waals surface area (Å²) < 4.78 is 0. The molecule has 3 aliphatic rings. The molecule has 0 radical (unpaired) electrons. The smallest absolute Gasteiger partial charge is 0.0358 e. The lowest BCUT2D eigenvalue weighted by Crippen LogP contribution is -2.60. The molecular formula is C19H36N2. The van der Waals surface area contributed by atoms with Crippen LogP contribution in [0.4, 0.5) is 0 Å². The molecule has 2 heteroatoms. The van der Waals surface area contributed by atoms with Crippen LogP contribution in [0.2, 0.25) is 0 Å². The van der Waals surface area contributed by atoms with Crippen molar-refractivity contribution in [2.45, 2.75) is 76.3 Å². The minimum absolute atomic E-state index is 0.397. The Hall–Kier alpha value is -0.0800. The first-order chi connectivity index (χ1) is 10.0. The molecule has 3 fully saturated rings. The van der Waals surface area contributed by atoms with Gasteiger partial charge in [0.05, 0.1) is 0 Å². The Labute approximate surface area is 132 Å². The molecule has 6 unspecified atom stereocenters. The van der Waals surface area contributed by atoms with Crippen molar-refractivity contribution in [2.75, 3.05) is 21.1 Å². The summed E-state index contributed by atoms with van der Waals surface area (Å²) >= 11 is 0. The Bertz CT molecular complexity index is 353. The molecule has 0 amide bonds. The van der Waals surface area contributed by atoms with E-state index in [0.29, 0.717) is 11.6 Å². The summed E-state index contributed by atoms with van der Waals surface area (Å²) in [6.07, 6.45) is 13.2. The number of rotatable bonds is 5. The van der Waals surface area contributed by atoms with Crippen LogP contribution in [0.1, 0.15) is 64.7 Å². The first kappa shape index (κ1) is 15.8. The SMILES string of the molecule is CNC(CC1CC2CCC1C2)C1(N(C)C)CCCC(C)C1. The molecule has 122 valence electrons. The molecule has 2 bridgehead atoms. The van der Waals surface area contributed by atoms with E-state index >= 15 is 0 Å². The second kappa shape index (κ2) is 6.20. The van der Waals surface area contributed by atoms with Crippen molar-refractivity contribution in [1.29, 1.82) is 0 Å². The third-order valence-corrected chi connectivity index (χ3v) is 7.32. The molecule has 21 heavy (non-hydrogen) atoms. The summed E-state index contributed by atoms with van der Waals surface area (Å²) in [5, 5.41) is 3.76. The average molecular weight is 293 g/mol. The number of nitrogens with zero attached hydrogens (tertiary/aromatic N) is 1. The van der Waals surface area contributed by atoms with Crippen LogP contribution in [0.25, 0.3) is 0 Å². The van der Waals surface area contributed by atoms with Crippen LogP contribution in [-0.2, 0) is 0 Å². The molecule has 2 nitrogen and oxygen atoms in total. The van der Waals surface area contributed by atoms with E-state index < -0.39 is 0 Å². The topological polar surface area (TPSA) is 15.3 Å². The predicted octanol–water partition coefficient (Wildman–Crippen LogP) is 3.91. The number of nitrogens with one attached hydrogen (secondary N) is 1. The lowest BCUT2D eigenvalue weighted by atomic mass is 9.68. The van der Waals surface area contributed by atoms with Crippen LogP contribution in [0, 0.1) is 23.7 Å². The van der Waals surface area contributed by atoms with Gasteiger partial charge in [0, 0.05) is 11.6 Å². The van der Waals surface area contributed by atoms with E-state index in [9.17, 15) is 0 Å². The van der Waals surface area contributed by atoms with E-state index in [1.54, 1.807) is 6.42 Å². The van der Waals surface area contributed by atoms with Crippen molar-refractivity contribution < 1.29 is 0 Å². The summed E-state index contributed by atoms with van der Waals surface area (Å²) in [7, 11) is 6.86. The molecule has 3 aliphatic carbocycles. The standard InChI is InChI=1S/C19H36N2/c1-14-6-5-9-19(13-14,21(3)4)18(20-2)12-17-11-15-7-8-16(17)10-15/h14-18,20H,5-13H2,1-4H3. The van der Waals surface area contributed by atoms with Gasteiger partial charge in [-0.15, -0.1) is 0 Å². The van der Waals surface area contributed by atoms with E-state index in [2.05, 4.69) is 38.3 Å². The molecule has 3 saturated carbocycles. The maximum absolute atomic E-state index is 3.76. The van der Waals surface area contributed by atoms with Gasteiger partial charge in [0.2, 0.25) is 0 Å². The highest BCUT2D eigenvalue weighted by molar-refractivity contribution is 5.04. The molecule has 0 aromatic heterocycles. The monoisotopic (exact) mass is 292 g/mol. The Morgan fingerprint density at radius 2 is 2.00 bits per heavy atom. The number of likely N-dealkylation sites (N-methyl/N-ethyl adjacent to an activating group) is 2. The number of fused-ring (bicyclic) bond motifs is 2. The molecule has 0 saturated heterocycles. The Kier molecular flexibility index (Phi) is 4.66. The third kappa shape index (κ3) is 2.91. The number of hydrogen-bond donors (Lipinski definition) is 1. The van der Waals surface area contributed by atoms with Crippen molar-refractivity contribution in [3.8, 4) is 0 Å².